The molecule has 31 heavy (non-hydrogen) atoms. The molecule has 0 spiro atoms. The number of rotatable bonds is 8. The van der Waals surface area contributed by atoms with Gasteiger partial charge in [0.25, 0.3) is 5.91 Å². The SMILES string of the molecule is Cc1ccc(NC(=O)COc2ccc(S(=O)(=O)NCc3ccccc3)cc2C)cc1C. The summed E-state index contributed by atoms with van der Waals surface area (Å²) < 4.78 is 33.3. The van der Waals surface area contributed by atoms with Gasteiger partial charge in [-0.25, -0.2) is 13.1 Å². The third kappa shape index (κ3) is 6.16. The van der Waals surface area contributed by atoms with Crippen LogP contribution in [0.3, 0.4) is 0 Å². The number of carbonyl (C=O) groups excluding carboxylic acids is 1. The van der Waals surface area contributed by atoms with E-state index in [1.54, 1.807) is 13.0 Å². The van der Waals surface area contributed by atoms with E-state index in [2.05, 4.69) is 10.0 Å². The Balaban J connectivity index is 1.59. The van der Waals surface area contributed by atoms with Gasteiger partial charge in [0.2, 0.25) is 10.0 Å². The molecule has 3 aromatic carbocycles. The van der Waals surface area contributed by atoms with Crippen LogP contribution in [0.25, 0.3) is 0 Å². The average molecular weight is 439 g/mol. The lowest BCUT2D eigenvalue weighted by molar-refractivity contribution is -0.118. The summed E-state index contributed by atoms with van der Waals surface area (Å²) in [5.74, 6) is 0.168. The molecule has 0 saturated carbocycles. The molecule has 3 rings (SSSR count). The Kier molecular flexibility index (Phi) is 7.09. The molecule has 0 aliphatic rings. The van der Waals surface area contributed by atoms with Gasteiger partial charge in [0.15, 0.2) is 6.61 Å². The summed E-state index contributed by atoms with van der Waals surface area (Å²) >= 11 is 0. The number of hydrogen-bond donors (Lipinski definition) is 2. The lowest BCUT2D eigenvalue weighted by atomic mass is 10.1. The standard InChI is InChI=1S/C24H26N2O4S/c1-17-9-10-21(13-18(17)2)26-24(27)16-30-23-12-11-22(14-19(23)3)31(28,29)25-15-20-7-5-4-6-8-20/h4-14,25H,15-16H2,1-3H3,(H,26,27). The largest absolute Gasteiger partial charge is 0.483 e. The first-order valence-corrected chi connectivity index (χ1v) is 11.4. The van der Waals surface area contributed by atoms with Crippen molar-refractivity contribution in [1.29, 1.82) is 0 Å². The average Bonchev–Trinajstić information content (AvgIpc) is 2.75. The van der Waals surface area contributed by atoms with Crippen molar-refractivity contribution in [3.63, 3.8) is 0 Å². The lowest BCUT2D eigenvalue weighted by Crippen LogP contribution is -2.23. The quantitative estimate of drug-likeness (QED) is 0.554. The second-order valence-electron chi connectivity index (χ2n) is 7.37. The van der Waals surface area contributed by atoms with E-state index >= 15 is 0 Å². The Morgan fingerprint density at radius 2 is 1.61 bits per heavy atom. The zero-order valence-corrected chi connectivity index (χ0v) is 18.6. The smallest absolute Gasteiger partial charge is 0.262 e. The first-order valence-electron chi connectivity index (χ1n) is 9.89. The zero-order chi connectivity index (χ0) is 22.4. The van der Waals surface area contributed by atoms with Gasteiger partial charge < -0.3 is 10.1 Å². The van der Waals surface area contributed by atoms with E-state index in [0.29, 0.717) is 17.0 Å². The van der Waals surface area contributed by atoms with Crippen LogP contribution < -0.4 is 14.8 Å². The van der Waals surface area contributed by atoms with Gasteiger partial charge in [-0.1, -0.05) is 36.4 Å². The van der Waals surface area contributed by atoms with Crippen LogP contribution in [0.5, 0.6) is 5.75 Å². The number of hydrogen-bond acceptors (Lipinski definition) is 4. The van der Waals surface area contributed by atoms with Crippen molar-refractivity contribution >= 4 is 21.6 Å². The molecule has 0 aliphatic heterocycles. The van der Waals surface area contributed by atoms with Gasteiger partial charge >= 0.3 is 0 Å². The van der Waals surface area contributed by atoms with Crippen molar-refractivity contribution in [2.75, 3.05) is 11.9 Å². The molecule has 162 valence electrons. The van der Waals surface area contributed by atoms with E-state index in [1.807, 2.05) is 62.4 Å². The summed E-state index contributed by atoms with van der Waals surface area (Å²) in [5, 5.41) is 2.80. The lowest BCUT2D eigenvalue weighted by Gasteiger charge is -2.12. The van der Waals surface area contributed by atoms with Crippen LogP contribution in [-0.4, -0.2) is 20.9 Å². The number of aryl methyl sites for hydroxylation is 3. The van der Waals surface area contributed by atoms with E-state index in [1.165, 1.54) is 12.1 Å². The van der Waals surface area contributed by atoms with Crippen molar-refractivity contribution in [3.05, 3.63) is 89.0 Å². The molecule has 0 heterocycles. The van der Waals surface area contributed by atoms with Crippen molar-refractivity contribution in [3.8, 4) is 5.75 Å². The number of amides is 1. The highest BCUT2D eigenvalue weighted by molar-refractivity contribution is 7.89. The highest BCUT2D eigenvalue weighted by atomic mass is 32.2. The summed E-state index contributed by atoms with van der Waals surface area (Å²) in [6.07, 6.45) is 0. The Morgan fingerprint density at radius 3 is 2.29 bits per heavy atom. The van der Waals surface area contributed by atoms with E-state index < -0.39 is 10.0 Å². The molecule has 0 radical (unpaired) electrons. The molecule has 0 fully saturated rings. The van der Waals surface area contributed by atoms with Crippen molar-refractivity contribution < 1.29 is 17.9 Å². The zero-order valence-electron chi connectivity index (χ0n) is 17.8. The van der Waals surface area contributed by atoms with Crippen molar-refractivity contribution in [1.82, 2.24) is 4.72 Å². The molecule has 1 amide bonds. The number of anilines is 1. The molecule has 0 unspecified atom stereocenters. The van der Waals surface area contributed by atoms with Gasteiger partial charge in [-0.05, 0) is 73.4 Å². The molecule has 0 saturated heterocycles. The molecule has 0 aliphatic carbocycles. The molecular formula is C24H26N2O4S. The minimum Gasteiger partial charge on any atom is -0.483 e. The number of nitrogens with one attached hydrogen (secondary N) is 2. The first kappa shape index (κ1) is 22.5. The summed E-state index contributed by atoms with van der Waals surface area (Å²) in [5.41, 5.74) is 4.45. The summed E-state index contributed by atoms with van der Waals surface area (Å²) in [6.45, 7) is 5.76. The fourth-order valence-corrected chi connectivity index (χ4v) is 4.07. The predicted octanol–water partition coefficient (Wildman–Crippen LogP) is 4.11. The monoisotopic (exact) mass is 438 g/mol. The number of ether oxygens (including phenoxy) is 1. The highest BCUT2D eigenvalue weighted by Crippen LogP contribution is 2.22. The second kappa shape index (κ2) is 9.76. The fourth-order valence-electron chi connectivity index (χ4n) is 2.97. The van der Waals surface area contributed by atoms with Gasteiger partial charge in [0, 0.05) is 12.2 Å². The van der Waals surface area contributed by atoms with Gasteiger partial charge in [-0.15, -0.1) is 0 Å². The van der Waals surface area contributed by atoms with Gasteiger partial charge in [0.05, 0.1) is 4.90 Å². The molecule has 0 aromatic heterocycles. The van der Waals surface area contributed by atoms with Crippen LogP contribution in [0.1, 0.15) is 22.3 Å². The van der Waals surface area contributed by atoms with Crippen molar-refractivity contribution in [2.45, 2.75) is 32.2 Å². The van der Waals surface area contributed by atoms with Crippen LogP contribution in [0.15, 0.2) is 71.6 Å². The van der Waals surface area contributed by atoms with E-state index in [9.17, 15) is 13.2 Å². The third-order valence-electron chi connectivity index (χ3n) is 4.92. The van der Waals surface area contributed by atoms with Crippen molar-refractivity contribution in [2.24, 2.45) is 0 Å². The third-order valence-corrected chi connectivity index (χ3v) is 6.31. The molecule has 2 N–H and O–H groups in total. The molecule has 3 aromatic rings. The van der Waals surface area contributed by atoms with E-state index in [0.717, 1.165) is 16.7 Å². The Bertz CT molecular complexity index is 1180. The maximum Gasteiger partial charge on any atom is 0.262 e. The van der Waals surface area contributed by atoms with Crippen LogP contribution in [0.4, 0.5) is 5.69 Å². The maximum absolute atomic E-state index is 12.6. The number of carbonyl (C=O) groups is 1. The minimum absolute atomic E-state index is 0.146. The van der Waals surface area contributed by atoms with Gasteiger partial charge in [-0.2, -0.15) is 0 Å². The Hall–Kier alpha value is -3.16. The molecule has 7 heteroatoms. The van der Waals surface area contributed by atoms with Crippen LogP contribution in [0.2, 0.25) is 0 Å². The fraction of sp³-hybridized carbons (Fsp3) is 0.208. The predicted molar refractivity (Wildman–Crippen MR) is 122 cm³/mol. The highest BCUT2D eigenvalue weighted by Gasteiger charge is 2.16. The summed E-state index contributed by atoms with van der Waals surface area (Å²) in [4.78, 5) is 12.3. The number of sulfonamides is 1. The van der Waals surface area contributed by atoms with Crippen LogP contribution in [0, 0.1) is 20.8 Å². The normalized spacial score (nSPS) is 11.2. The van der Waals surface area contributed by atoms with E-state index in [4.69, 9.17) is 4.74 Å². The minimum atomic E-state index is -3.66. The second-order valence-corrected chi connectivity index (χ2v) is 9.14. The van der Waals surface area contributed by atoms with Gasteiger partial charge in [0.1, 0.15) is 5.75 Å². The molecule has 0 atom stereocenters. The molecule has 0 bridgehead atoms. The van der Waals surface area contributed by atoms with E-state index in [-0.39, 0.29) is 24.0 Å². The van der Waals surface area contributed by atoms with Gasteiger partial charge in [-0.3, -0.25) is 4.79 Å². The Morgan fingerprint density at radius 1 is 0.871 bits per heavy atom. The Labute approximate surface area is 183 Å². The summed E-state index contributed by atoms with van der Waals surface area (Å²) in [6, 6.07) is 19.6. The first-order chi connectivity index (χ1) is 14.7. The molecular weight excluding hydrogens is 412 g/mol. The maximum atomic E-state index is 12.6. The molecule has 6 nitrogen and oxygen atoms in total. The van der Waals surface area contributed by atoms with Crippen LogP contribution in [-0.2, 0) is 21.4 Å². The number of benzene rings is 3. The van der Waals surface area contributed by atoms with Crippen LogP contribution >= 0.6 is 0 Å². The topological polar surface area (TPSA) is 84.5 Å². The summed E-state index contributed by atoms with van der Waals surface area (Å²) in [7, 11) is -3.66.